The smallest absolute Gasteiger partial charge is 0.264 e. The number of hydrogen-bond donors (Lipinski definition) is 1. The highest BCUT2D eigenvalue weighted by atomic mass is 32.1. The number of nitrogens with one attached hydrogen (secondary N) is 1. The minimum absolute atomic E-state index is 0.138. The third kappa shape index (κ3) is 2.72. The van der Waals surface area contributed by atoms with Gasteiger partial charge < -0.3 is 10.2 Å². The summed E-state index contributed by atoms with van der Waals surface area (Å²) in [7, 11) is 0. The highest BCUT2D eigenvalue weighted by Gasteiger charge is 2.22. The topological polar surface area (TPSA) is 50.2 Å². The van der Waals surface area contributed by atoms with Gasteiger partial charge in [0.05, 0.1) is 16.3 Å². The van der Waals surface area contributed by atoms with E-state index in [0.717, 1.165) is 59.1 Å². The fourth-order valence-corrected chi connectivity index (χ4v) is 4.25. The Bertz CT molecular complexity index is 860. The molecule has 1 aliphatic heterocycles. The zero-order valence-corrected chi connectivity index (χ0v) is 14.5. The van der Waals surface area contributed by atoms with Crippen LogP contribution in [0, 0.1) is 6.92 Å². The Morgan fingerprint density at radius 2 is 2.04 bits per heavy atom. The summed E-state index contributed by atoms with van der Waals surface area (Å²) in [6, 6.07) is 12.1. The Balaban J connectivity index is 1.72. The van der Waals surface area contributed by atoms with Crippen molar-refractivity contribution in [1.29, 1.82) is 0 Å². The van der Waals surface area contributed by atoms with Gasteiger partial charge in [-0.3, -0.25) is 4.79 Å². The van der Waals surface area contributed by atoms with Crippen molar-refractivity contribution in [2.24, 2.45) is 0 Å². The first-order valence-corrected chi connectivity index (χ1v) is 9.10. The van der Waals surface area contributed by atoms with Crippen LogP contribution in [0.2, 0.25) is 0 Å². The van der Waals surface area contributed by atoms with E-state index in [1.54, 1.807) is 0 Å². The van der Waals surface area contributed by atoms with Gasteiger partial charge >= 0.3 is 0 Å². The zero-order chi connectivity index (χ0) is 16.5. The van der Waals surface area contributed by atoms with Crippen LogP contribution in [0.4, 0.5) is 0 Å². The standard InChI is InChI=1S/C18H20N4OS/c1-13-15-12-16(17(23)21-10-5-8-19-9-11-21)24-18(15)22(20-13)14-6-3-2-4-7-14/h2-4,6-7,12,19H,5,8-11H2,1H3. The Hall–Kier alpha value is -2.18. The van der Waals surface area contributed by atoms with Crippen LogP contribution < -0.4 is 5.32 Å². The second kappa shape index (κ2) is 6.37. The van der Waals surface area contributed by atoms with Crippen molar-refractivity contribution in [1.82, 2.24) is 20.0 Å². The molecule has 0 aliphatic carbocycles. The van der Waals surface area contributed by atoms with Crippen LogP contribution in [0.1, 0.15) is 21.8 Å². The maximum atomic E-state index is 12.9. The molecule has 4 rings (SSSR count). The Morgan fingerprint density at radius 1 is 1.21 bits per heavy atom. The number of thiophene rings is 1. The minimum atomic E-state index is 0.138. The SMILES string of the molecule is Cc1nn(-c2ccccc2)c2sc(C(=O)N3CCCNCC3)cc12. The van der Waals surface area contributed by atoms with Crippen molar-refractivity contribution in [2.75, 3.05) is 26.2 Å². The van der Waals surface area contributed by atoms with Gasteiger partial charge in [-0.05, 0) is 38.1 Å². The molecule has 1 aromatic carbocycles. The summed E-state index contributed by atoms with van der Waals surface area (Å²) < 4.78 is 1.94. The number of benzene rings is 1. The van der Waals surface area contributed by atoms with Crippen molar-refractivity contribution in [3.05, 3.63) is 47.0 Å². The molecule has 1 aliphatic rings. The molecule has 6 heteroatoms. The molecule has 0 spiro atoms. The fraction of sp³-hybridized carbons (Fsp3) is 0.333. The zero-order valence-electron chi connectivity index (χ0n) is 13.7. The molecule has 3 aromatic rings. The average Bonchev–Trinajstić information content (AvgIpc) is 3.04. The normalized spacial score (nSPS) is 15.6. The number of para-hydroxylation sites is 1. The molecule has 124 valence electrons. The van der Waals surface area contributed by atoms with Crippen LogP contribution in [0.3, 0.4) is 0 Å². The number of rotatable bonds is 2. The Morgan fingerprint density at radius 3 is 2.88 bits per heavy atom. The highest BCUT2D eigenvalue weighted by Crippen LogP contribution is 2.31. The predicted molar refractivity (Wildman–Crippen MR) is 97.1 cm³/mol. The lowest BCUT2D eigenvalue weighted by molar-refractivity contribution is 0.0771. The van der Waals surface area contributed by atoms with E-state index < -0.39 is 0 Å². The molecule has 1 N–H and O–H groups in total. The van der Waals surface area contributed by atoms with E-state index in [9.17, 15) is 4.79 Å². The molecule has 1 amide bonds. The predicted octanol–water partition coefficient (Wildman–Crippen LogP) is 2.83. The third-order valence-electron chi connectivity index (χ3n) is 4.38. The van der Waals surface area contributed by atoms with Crippen molar-refractivity contribution in [3.63, 3.8) is 0 Å². The largest absolute Gasteiger partial charge is 0.337 e. The van der Waals surface area contributed by atoms with Crippen LogP contribution in [-0.2, 0) is 0 Å². The maximum absolute atomic E-state index is 12.9. The number of amides is 1. The number of aromatic nitrogens is 2. The number of fused-ring (bicyclic) bond motifs is 1. The summed E-state index contributed by atoms with van der Waals surface area (Å²) in [6.45, 7) is 5.45. The van der Waals surface area contributed by atoms with E-state index in [2.05, 4.69) is 10.4 Å². The first-order valence-electron chi connectivity index (χ1n) is 8.28. The molecule has 2 aromatic heterocycles. The van der Waals surface area contributed by atoms with Gasteiger partial charge in [-0.15, -0.1) is 11.3 Å². The molecule has 0 atom stereocenters. The van der Waals surface area contributed by atoms with E-state index in [4.69, 9.17) is 0 Å². The van der Waals surface area contributed by atoms with Crippen LogP contribution >= 0.6 is 11.3 Å². The Labute approximate surface area is 144 Å². The van der Waals surface area contributed by atoms with Gasteiger partial charge in [0.2, 0.25) is 0 Å². The van der Waals surface area contributed by atoms with Crippen LogP contribution in [0.5, 0.6) is 0 Å². The maximum Gasteiger partial charge on any atom is 0.264 e. The quantitative estimate of drug-likeness (QED) is 0.780. The summed E-state index contributed by atoms with van der Waals surface area (Å²) in [5.41, 5.74) is 1.98. The minimum Gasteiger partial charge on any atom is -0.337 e. The molecule has 1 saturated heterocycles. The molecule has 0 radical (unpaired) electrons. The van der Waals surface area contributed by atoms with Gasteiger partial charge in [0.15, 0.2) is 0 Å². The van der Waals surface area contributed by atoms with Gasteiger partial charge in [-0.25, -0.2) is 4.68 Å². The second-order valence-corrected chi connectivity index (χ2v) is 7.09. The van der Waals surface area contributed by atoms with Crippen LogP contribution in [-0.4, -0.2) is 46.8 Å². The van der Waals surface area contributed by atoms with Gasteiger partial charge in [-0.1, -0.05) is 18.2 Å². The molecule has 1 fully saturated rings. The molecule has 0 bridgehead atoms. The summed E-state index contributed by atoms with van der Waals surface area (Å²) >= 11 is 1.54. The summed E-state index contributed by atoms with van der Waals surface area (Å²) in [4.78, 5) is 16.7. The summed E-state index contributed by atoms with van der Waals surface area (Å²) in [6.07, 6.45) is 1.01. The third-order valence-corrected chi connectivity index (χ3v) is 5.48. The van der Waals surface area contributed by atoms with Gasteiger partial charge in [-0.2, -0.15) is 5.10 Å². The van der Waals surface area contributed by atoms with E-state index >= 15 is 0 Å². The molecule has 5 nitrogen and oxygen atoms in total. The molecule has 3 heterocycles. The van der Waals surface area contributed by atoms with Crippen molar-refractivity contribution < 1.29 is 4.79 Å². The van der Waals surface area contributed by atoms with Gasteiger partial charge in [0.25, 0.3) is 5.91 Å². The fourth-order valence-electron chi connectivity index (χ4n) is 3.10. The first-order chi connectivity index (χ1) is 11.7. The van der Waals surface area contributed by atoms with E-state index in [1.165, 1.54) is 11.3 Å². The number of hydrogen-bond acceptors (Lipinski definition) is 4. The lowest BCUT2D eigenvalue weighted by Gasteiger charge is -2.18. The van der Waals surface area contributed by atoms with Gasteiger partial charge in [0.1, 0.15) is 4.83 Å². The van der Waals surface area contributed by atoms with E-state index in [1.807, 2.05) is 52.9 Å². The van der Waals surface area contributed by atoms with Crippen molar-refractivity contribution in [2.45, 2.75) is 13.3 Å². The molecular weight excluding hydrogens is 320 g/mol. The number of carbonyl (C=O) groups excluding carboxylic acids is 1. The lowest BCUT2D eigenvalue weighted by Crippen LogP contribution is -2.33. The van der Waals surface area contributed by atoms with E-state index in [0.29, 0.717) is 0 Å². The second-order valence-electron chi connectivity index (χ2n) is 6.06. The number of nitrogens with zero attached hydrogens (tertiary/aromatic N) is 3. The summed E-state index contributed by atoms with van der Waals surface area (Å²) in [5, 5.41) is 9.05. The molecule has 0 saturated carbocycles. The number of aryl methyl sites for hydroxylation is 1. The number of carbonyl (C=O) groups is 1. The summed E-state index contributed by atoms with van der Waals surface area (Å²) in [5.74, 6) is 0.138. The molecule has 24 heavy (non-hydrogen) atoms. The van der Waals surface area contributed by atoms with Gasteiger partial charge in [0, 0.05) is 25.0 Å². The first kappa shape index (κ1) is 15.4. The Kier molecular flexibility index (Phi) is 4.08. The van der Waals surface area contributed by atoms with Crippen molar-refractivity contribution >= 4 is 27.5 Å². The highest BCUT2D eigenvalue weighted by molar-refractivity contribution is 7.20. The average molecular weight is 340 g/mol. The van der Waals surface area contributed by atoms with Crippen LogP contribution in [0.15, 0.2) is 36.4 Å². The molecule has 0 unspecified atom stereocenters. The van der Waals surface area contributed by atoms with E-state index in [-0.39, 0.29) is 5.91 Å². The van der Waals surface area contributed by atoms with Crippen LogP contribution in [0.25, 0.3) is 15.9 Å². The monoisotopic (exact) mass is 340 g/mol. The van der Waals surface area contributed by atoms with Crippen molar-refractivity contribution in [3.8, 4) is 5.69 Å². The lowest BCUT2D eigenvalue weighted by atomic mass is 10.3. The molecular formula is C18H20N4OS.